The molecule has 0 aromatic heterocycles. The van der Waals surface area contributed by atoms with Gasteiger partial charge in [0, 0.05) is 19.1 Å². The molecule has 0 heterocycles. The highest BCUT2D eigenvalue weighted by molar-refractivity contribution is 7.87. The Morgan fingerprint density at radius 3 is 2.19 bits per heavy atom. The van der Waals surface area contributed by atoms with Crippen molar-refractivity contribution in [1.29, 1.82) is 0 Å². The van der Waals surface area contributed by atoms with Crippen molar-refractivity contribution in [3.63, 3.8) is 0 Å². The molecule has 0 saturated carbocycles. The van der Waals surface area contributed by atoms with Crippen molar-refractivity contribution < 1.29 is 17.9 Å². The lowest BCUT2D eigenvalue weighted by Crippen LogP contribution is -2.48. The molecule has 0 aliphatic rings. The van der Waals surface area contributed by atoms with Crippen LogP contribution in [0.15, 0.2) is 0 Å². The topological polar surface area (TPSA) is 96.5 Å². The van der Waals surface area contributed by atoms with Crippen molar-refractivity contribution in [2.24, 2.45) is 5.92 Å². The summed E-state index contributed by atoms with van der Waals surface area (Å²) in [4.78, 5) is 11.8. The maximum Gasteiger partial charge on any atom is 0.407 e. The maximum absolute atomic E-state index is 11.8. The van der Waals surface area contributed by atoms with Crippen LogP contribution in [0.5, 0.6) is 0 Å². The number of nitrogens with one attached hydrogen (secondary N) is 3. The van der Waals surface area contributed by atoms with Gasteiger partial charge >= 0.3 is 6.09 Å². The Bertz CT molecular complexity index is 416. The number of carbonyl (C=O) groups excluding carboxylic acids is 1. The molecule has 1 amide bonds. The zero-order valence-corrected chi connectivity index (χ0v) is 14.6. The molecule has 8 heteroatoms. The summed E-state index contributed by atoms with van der Waals surface area (Å²) in [5, 5.41) is 2.70. The molecule has 0 radical (unpaired) electrons. The average Bonchev–Trinajstić information content (AvgIpc) is 2.22. The van der Waals surface area contributed by atoms with Crippen LogP contribution in [-0.2, 0) is 14.9 Å². The molecule has 1 unspecified atom stereocenters. The molecule has 0 aromatic carbocycles. The molecule has 3 N–H and O–H groups in total. The minimum atomic E-state index is -3.53. The van der Waals surface area contributed by atoms with Crippen LogP contribution in [0.2, 0.25) is 0 Å². The Kier molecular flexibility index (Phi) is 8.20. The second kappa shape index (κ2) is 8.55. The van der Waals surface area contributed by atoms with Gasteiger partial charge in [-0.2, -0.15) is 8.42 Å². The van der Waals surface area contributed by atoms with Gasteiger partial charge in [0.2, 0.25) is 0 Å². The highest BCUT2D eigenvalue weighted by Gasteiger charge is 2.21. The third-order valence-corrected chi connectivity index (χ3v) is 3.55. The summed E-state index contributed by atoms with van der Waals surface area (Å²) in [7, 11) is -3.53. The molecule has 0 aliphatic heterocycles. The molecule has 0 saturated heterocycles. The van der Waals surface area contributed by atoms with E-state index >= 15 is 0 Å². The summed E-state index contributed by atoms with van der Waals surface area (Å²) in [5.74, 6) is 0.313. The lowest BCUT2D eigenvalue weighted by molar-refractivity contribution is 0.0499. The lowest BCUT2D eigenvalue weighted by atomic mass is 10.0. The van der Waals surface area contributed by atoms with Crippen molar-refractivity contribution >= 4 is 16.3 Å². The smallest absolute Gasteiger partial charge is 0.407 e. The Balaban J connectivity index is 4.56. The van der Waals surface area contributed by atoms with Gasteiger partial charge in [-0.25, -0.2) is 14.2 Å². The van der Waals surface area contributed by atoms with E-state index in [1.54, 1.807) is 27.7 Å². The molecule has 0 bridgehead atoms. The van der Waals surface area contributed by atoms with Gasteiger partial charge in [-0.15, -0.1) is 0 Å². The van der Waals surface area contributed by atoms with Gasteiger partial charge in [0.1, 0.15) is 5.60 Å². The summed E-state index contributed by atoms with van der Waals surface area (Å²) < 4.78 is 33.1. The summed E-state index contributed by atoms with van der Waals surface area (Å²) >= 11 is 0. The lowest BCUT2D eigenvalue weighted by Gasteiger charge is -2.24. The third kappa shape index (κ3) is 11.5. The Hall–Kier alpha value is -0.860. The van der Waals surface area contributed by atoms with Gasteiger partial charge in [0.25, 0.3) is 10.2 Å². The van der Waals surface area contributed by atoms with Gasteiger partial charge in [-0.05, 0) is 33.1 Å². The second-order valence-corrected chi connectivity index (χ2v) is 7.91. The van der Waals surface area contributed by atoms with E-state index < -0.39 is 21.9 Å². The zero-order valence-electron chi connectivity index (χ0n) is 13.8. The van der Waals surface area contributed by atoms with E-state index in [4.69, 9.17) is 4.74 Å². The van der Waals surface area contributed by atoms with Crippen LogP contribution in [0, 0.1) is 5.92 Å². The van der Waals surface area contributed by atoms with E-state index in [0.29, 0.717) is 18.9 Å². The second-order valence-electron chi connectivity index (χ2n) is 6.32. The monoisotopic (exact) mass is 323 g/mol. The largest absolute Gasteiger partial charge is 0.444 e. The first-order valence-electron chi connectivity index (χ1n) is 7.19. The minimum absolute atomic E-state index is 0.118. The van der Waals surface area contributed by atoms with E-state index in [2.05, 4.69) is 14.8 Å². The van der Waals surface area contributed by atoms with E-state index in [-0.39, 0.29) is 12.6 Å². The zero-order chi connectivity index (χ0) is 16.7. The van der Waals surface area contributed by atoms with Crippen LogP contribution in [0.1, 0.15) is 48.0 Å². The Labute approximate surface area is 128 Å². The first-order chi connectivity index (χ1) is 9.45. The number of ether oxygens (including phenoxy) is 1. The molecular weight excluding hydrogens is 294 g/mol. The number of hydrogen-bond donors (Lipinski definition) is 3. The van der Waals surface area contributed by atoms with E-state index in [1.807, 2.05) is 13.8 Å². The highest BCUT2D eigenvalue weighted by Crippen LogP contribution is 2.09. The van der Waals surface area contributed by atoms with Crippen LogP contribution in [-0.4, -0.2) is 39.2 Å². The van der Waals surface area contributed by atoms with Crippen molar-refractivity contribution in [3.05, 3.63) is 0 Å². The first-order valence-corrected chi connectivity index (χ1v) is 8.67. The summed E-state index contributed by atoms with van der Waals surface area (Å²) in [6.07, 6.45) is 0.101. The van der Waals surface area contributed by atoms with Crippen LogP contribution >= 0.6 is 0 Å². The fraction of sp³-hybridized carbons (Fsp3) is 0.923. The molecule has 0 aromatic rings. The normalized spacial score (nSPS) is 14.0. The van der Waals surface area contributed by atoms with Gasteiger partial charge in [-0.1, -0.05) is 20.8 Å². The predicted molar refractivity (Wildman–Crippen MR) is 83.2 cm³/mol. The number of alkyl carbamates (subject to hydrolysis) is 1. The summed E-state index contributed by atoms with van der Waals surface area (Å²) in [5.41, 5.74) is -0.588. The van der Waals surface area contributed by atoms with Crippen LogP contribution in [0.25, 0.3) is 0 Å². The molecule has 1 atom stereocenters. The molecule has 0 fully saturated rings. The molecule has 126 valence electrons. The van der Waals surface area contributed by atoms with Crippen molar-refractivity contribution in [2.75, 3.05) is 13.1 Å². The van der Waals surface area contributed by atoms with E-state index in [1.165, 1.54) is 0 Å². The van der Waals surface area contributed by atoms with Crippen LogP contribution in [0.4, 0.5) is 4.79 Å². The molecule has 0 spiro atoms. The Morgan fingerprint density at radius 2 is 1.76 bits per heavy atom. The number of rotatable bonds is 8. The predicted octanol–water partition coefficient (Wildman–Crippen LogP) is 1.37. The van der Waals surface area contributed by atoms with Gasteiger partial charge in [0.15, 0.2) is 0 Å². The van der Waals surface area contributed by atoms with Crippen LogP contribution in [0.3, 0.4) is 0 Å². The third-order valence-electron chi connectivity index (χ3n) is 2.33. The molecule has 0 aliphatic carbocycles. The minimum Gasteiger partial charge on any atom is -0.444 e. The first kappa shape index (κ1) is 20.1. The van der Waals surface area contributed by atoms with Crippen molar-refractivity contribution in [1.82, 2.24) is 14.8 Å². The molecule has 0 rings (SSSR count). The summed E-state index contributed by atoms with van der Waals surface area (Å²) in [6, 6.07) is -0.326. The van der Waals surface area contributed by atoms with Gasteiger partial charge in [0.05, 0.1) is 0 Å². The van der Waals surface area contributed by atoms with Crippen molar-refractivity contribution in [3.8, 4) is 0 Å². The SMILES string of the molecule is CCNS(=O)(=O)NCC(CC(C)C)NC(=O)OC(C)(C)C. The molecular formula is C13H29N3O4S. The average molecular weight is 323 g/mol. The fourth-order valence-corrected chi connectivity index (χ4v) is 2.59. The van der Waals surface area contributed by atoms with Gasteiger partial charge in [-0.3, -0.25) is 0 Å². The van der Waals surface area contributed by atoms with E-state index in [9.17, 15) is 13.2 Å². The maximum atomic E-state index is 11.8. The van der Waals surface area contributed by atoms with E-state index in [0.717, 1.165) is 0 Å². The quantitative estimate of drug-likeness (QED) is 0.628. The molecule has 7 nitrogen and oxygen atoms in total. The number of hydrogen-bond acceptors (Lipinski definition) is 4. The van der Waals surface area contributed by atoms with Gasteiger partial charge < -0.3 is 10.1 Å². The summed E-state index contributed by atoms with van der Waals surface area (Å²) in [6.45, 7) is 11.5. The highest BCUT2D eigenvalue weighted by atomic mass is 32.2. The van der Waals surface area contributed by atoms with Crippen LogP contribution < -0.4 is 14.8 Å². The standard InChI is InChI=1S/C13H29N3O4S/c1-7-14-21(18,19)15-9-11(8-10(2)3)16-12(17)20-13(4,5)6/h10-11,14-15H,7-9H2,1-6H3,(H,16,17). The Morgan fingerprint density at radius 1 is 1.19 bits per heavy atom. The molecule has 21 heavy (non-hydrogen) atoms. The number of amides is 1. The van der Waals surface area contributed by atoms with Crippen molar-refractivity contribution in [2.45, 2.75) is 59.6 Å². The number of carbonyl (C=O) groups is 1. The fourth-order valence-electron chi connectivity index (χ4n) is 1.69.